The van der Waals surface area contributed by atoms with Gasteiger partial charge in [0, 0.05) is 29.5 Å². The summed E-state index contributed by atoms with van der Waals surface area (Å²) in [7, 11) is -3.30. The second-order valence-corrected chi connectivity index (χ2v) is 13.4. The number of carbonyl (C=O) groups excluding carboxylic acids is 1. The monoisotopic (exact) mass is 519 g/mol. The highest BCUT2D eigenvalue weighted by atomic mass is 32.2. The predicted octanol–water partition coefficient (Wildman–Crippen LogP) is 2.90. The molecule has 0 spiro atoms. The number of carbonyl (C=O) groups is 1. The van der Waals surface area contributed by atoms with Crippen molar-refractivity contribution < 1.29 is 22.0 Å². The van der Waals surface area contributed by atoms with Gasteiger partial charge in [-0.3, -0.25) is 14.9 Å². The Morgan fingerprint density at radius 3 is 2.75 bits per heavy atom. The number of fused-ring (bicyclic) bond motifs is 2. The van der Waals surface area contributed by atoms with Crippen LogP contribution in [0.15, 0.2) is 42.7 Å². The van der Waals surface area contributed by atoms with Crippen molar-refractivity contribution in [2.24, 2.45) is 17.3 Å². The molecular weight excluding hydrogens is 488 g/mol. The molecule has 36 heavy (non-hydrogen) atoms. The van der Waals surface area contributed by atoms with Crippen LogP contribution in [0.5, 0.6) is 0 Å². The predicted molar refractivity (Wildman–Crippen MR) is 130 cm³/mol. The smallest absolute Gasteiger partial charge is 0.257 e. The van der Waals surface area contributed by atoms with Gasteiger partial charge in [-0.05, 0) is 31.2 Å². The Morgan fingerprint density at radius 1 is 1.22 bits per heavy atom. The van der Waals surface area contributed by atoms with Gasteiger partial charge < -0.3 is 5.32 Å². The Balaban J connectivity index is 1.21. The van der Waals surface area contributed by atoms with Gasteiger partial charge in [0.15, 0.2) is 9.84 Å². The zero-order chi connectivity index (χ0) is 25.3. The summed E-state index contributed by atoms with van der Waals surface area (Å²) in [5.74, 6) is -3.74. The molecule has 194 valence electrons. The quantitative estimate of drug-likeness (QED) is 0.561. The number of halogens is 2. The van der Waals surface area contributed by atoms with Crippen molar-refractivity contribution in [3.8, 4) is 0 Å². The molecule has 2 aromatic rings. The molecule has 4 fully saturated rings. The van der Waals surface area contributed by atoms with Gasteiger partial charge in [0.1, 0.15) is 6.04 Å². The molecule has 0 bridgehead atoms. The van der Waals surface area contributed by atoms with Crippen LogP contribution in [0.4, 0.5) is 14.5 Å². The summed E-state index contributed by atoms with van der Waals surface area (Å²) in [6, 6.07) is 8.09. The number of anilines is 1. The summed E-state index contributed by atoms with van der Waals surface area (Å²) in [5, 5.41) is 6.71. The van der Waals surface area contributed by atoms with E-state index in [1.807, 2.05) is 30.3 Å². The average Bonchev–Trinajstić information content (AvgIpc) is 3.26. The summed E-state index contributed by atoms with van der Waals surface area (Å²) >= 11 is 0. The number of aromatic nitrogens is 2. The summed E-state index contributed by atoms with van der Waals surface area (Å²) < 4.78 is 56.2. The number of benzene rings is 1. The van der Waals surface area contributed by atoms with Crippen molar-refractivity contribution in [3.63, 3.8) is 0 Å². The molecule has 2 saturated carbocycles. The first-order chi connectivity index (χ1) is 17.1. The van der Waals surface area contributed by atoms with Crippen LogP contribution in [0.25, 0.3) is 0 Å². The number of hydrazine groups is 1. The molecule has 3 unspecified atom stereocenters. The third kappa shape index (κ3) is 3.69. The van der Waals surface area contributed by atoms with E-state index < -0.39 is 44.4 Å². The summed E-state index contributed by atoms with van der Waals surface area (Å²) in [6.45, 7) is 1.63. The lowest BCUT2D eigenvalue weighted by atomic mass is 9.77. The minimum Gasteiger partial charge on any atom is -0.322 e. The van der Waals surface area contributed by atoms with Gasteiger partial charge in [-0.2, -0.15) is 5.10 Å². The van der Waals surface area contributed by atoms with Gasteiger partial charge in [0.05, 0.1) is 28.9 Å². The maximum Gasteiger partial charge on any atom is 0.257 e. The van der Waals surface area contributed by atoms with Crippen LogP contribution in [0.3, 0.4) is 0 Å². The van der Waals surface area contributed by atoms with Crippen LogP contribution >= 0.6 is 0 Å². The lowest BCUT2D eigenvalue weighted by Gasteiger charge is -2.30. The summed E-state index contributed by atoms with van der Waals surface area (Å²) in [6.07, 6.45) is 5.84. The fourth-order valence-corrected chi connectivity index (χ4v) is 8.90. The van der Waals surface area contributed by atoms with E-state index in [0.29, 0.717) is 31.4 Å². The van der Waals surface area contributed by atoms with Crippen molar-refractivity contribution in [3.05, 3.63) is 48.3 Å². The molecule has 8 nitrogen and oxygen atoms in total. The minimum absolute atomic E-state index is 0.161. The first-order valence-corrected chi connectivity index (χ1v) is 14.3. The third-order valence-corrected chi connectivity index (χ3v) is 11.2. The molecule has 3 N–H and O–H groups in total. The van der Waals surface area contributed by atoms with E-state index in [9.17, 15) is 22.0 Å². The van der Waals surface area contributed by atoms with Gasteiger partial charge in [-0.1, -0.05) is 43.7 Å². The van der Waals surface area contributed by atoms with Gasteiger partial charge in [-0.15, -0.1) is 0 Å². The van der Waals surface area contributed by atoms with Crippen LogP contribution < -0.4 is 16.2 Å². The largest absolute Gasteiger partial charge is 0.322 e. The highest BCUT2D eigenvalue weighted by Crippen LogP contribution is 2.73. The molecule has 1 aromatic carbocycles. The summed E-state index contributed by atoms with van der Waals surface area (Å²) in [5.41, 5.74) is 6.37. The van der Waals surface area contributed by atoms with Crippen molar-refractivity contribution in [1.82, 2.24) is 20.6 Å². The number of hydrogen-bond acceptors (Lipinski definition) is 6. The van der Waals surface area contributed by atoms with Crippen molar-refractivity contribution in [2.45, 2.75) is 68.3 Å². The number of alkyl halides is 2. The maximum absolute atomic E-state index is 14.3. The van der Waals surface area contributed by atoms with Gasteiger partial charge in [0.2, 0.25) is 5.91 Å². The van der Waals surface area contributed by atoms with Crippen molar-refractivity contribution in [2.75, 3.05) is 11.1 Å². The van der Waals surface area contributed by atoms with Gasteiger partial charge in [-0.25, -0.2) is 22.6 Å². The molecule has 1 amide bonds. The SMILES string of the molecule is C[C@@]12CC3NNC(C(=O)Nc4cnn([C@H](c5ccccc5)[C@H]5CCCCS5(=O)=O)c4)C3C[C@@H]1C2(F)F. The number of rotatable bonds is 5. The standard InChI is InChI=1S/C25H31F2N5O3S/c1-24-12-18-17(11-20(24)25(24,26)27)21(31-30-18)23(33)29-16-13-28-32(14-16)22(15-7-3-2-4-8-15)19-9-5-6-10-36(19,34)35/h2-4,7-8,13-14,17-22,30-31H,5-6,9-12H2,1H3,(H,29,33)/t17?,18?,19-,20+,21?,22-,24-/m1/s1. The Labute approximate surface area is 209 Å². The fourth-order valence-electron chi connectivity index (χ4n) is 6.79. The Kier molecular flexibility index (Phi) is 5.55. The normalized spacial score (nSPS) is 36.9. The van der Waals surface area contributed by atoms with Gasteiger partial charge in [0.25, 0.3) is 5.92 Å². The van der Waals surface area contributed by atoms with E-state index in [-0.39, 0.29) is 23.6 Å². The number of nitrogens with one attached hydrogen (secondary N) is 3. The van der Waals surface area contributed by atoms with E-state index in [1.165, 1.54) is 6.20 Å². The first-order valence-electron chi connectivity index (χ1n) is 12.6. The number of sulfone groups is 1. The summed E-state index contributed by atoms with van der Waals surface area (Å²) in [4.78, 5) is 13.2. The third-order valence-electron chi connectivity index (χ3n) is 8.96. The second-order valence-electron chi connectivity index (χ2n) is 11.0. The van der Waals surface area contributed by atoms with Crippen LogP contribution in [0.1, 0.15) is 50.6 Å². The Morgan fingerprint density at radius 2 is 2.00 bits per heavy atom. The van der Waals surface area contributed by atoms with Crippen molar-refractivity contribution >= 4 is 21.4 Å². The second kappa shape index (κ2) is 8.32. The molecule has 11 heteroatoms. The van der Waals surface area contributed by atoms with Crippen LogP contribution in [0, 0.1) is 17.3 Å². The molecule has 2 saturated heterocycles. The van der Waals surface area contributed by atoms with E-state index >= 15 is 0 Å². The Bertz CT molecular complexity index is 1270. The maximum atomic E-state index is 14.3. The number of nitrogens with zero attached hydrogens (tertiary/aromatic N) is 2. The molecular formula is C25H31F2N5O3S. The zero-order valence-corrected chi connectivity index (χ0v) is 20.8. The fraction of sp³-hybridized carbons (Fsp3) is 0.600. The van der Waals surface area contributed by atoms with Crippen LogP contribution in [-0.4, -0.2) is 53.1 Å². The molecule has 0 radical (unpaired) electrons. The molecule has 2 aliphatic carbocycles. The van der Waals surface area contributed by atoms with Crippen LogP contribution in [0.2, 0.25) is 0 Å². The molecule has 4 aliphatic rings. The van der Waals surface area contributed by atoms with E-state index in [1.54, 1.807) is 17.8 Å². The van der Waals surface area contributed by atoms with Crippen molar-refractivity contribution in [1.29, 1.82) is 0 Å². The zero-order valence-electron chi connectivity index (χ0n) is 20.0. The molecule has 1 aromatic heterocycles. The van der Waals surface area contributed by atoms with E-state index in [0.717, 1.165) is 12.0 Å². The molecule has 2 aliphatic heterocycles. The highest BCUT2D eigenvalue weighted by Gasteiger charge is 2.80. The highest BCUT2D eigenvalue weighted by molar-refractivity contribution is 7.92. The van der Waals surface area contributed by atoms with Gasteiger partial charge >= 0.3 is 0 Å². The molecule has 3 heterocycles. The lowest BCUT2D eigenvalue weighted by molar-refractivity contribution is -0.119. The topological polar surface area (TPSA) is 105 Å². The molecule has 6 rings (SSSR count). The Hall–Kier alpha value is -2.37. The number of amides is 1. The lowest BCUT2D eigenvalue weighted by Crippen LogP contribution is -2.42. The van der Waals surface area contributed by atoms with E-state index in [4.69, 9.17) is 0 Å². The average molecular weight is 520 g/mol. The minimum atomic E-state index is -3.30. The first kappa shape index (κ1) is 24.0. The molecule has 7 atom stereocenters. The van der Waals surface area contributed by atoms with E-state index in [2.05, 4.69) is 21.3 Å². The number of hydrogen-bond donors (Lipinski definition) is 3. The van der Waals surface area contributed by atoms with Crippen LogP contribution in [-0.2, 0) is 14.6 Å².